The minimum atomic E-state index is 0.507. The van der Waals surface area contributed by atoms with Crippen molar-refractivity contribution >= 4 is 17.1 Å². The number of rotatable bonds is 3. The molecule has 1 N–H and O–H groups in total. The van der Waals surface area contributed by atoms with Crippen LogP contribution in [0.15, 0.2) is 107 Å². The number of nitrogens with one attached hydrogen (secondary N) is 1. The van der Waals surface area contributed by atoms with E-state index < -0.39 is 0 Å². The van der Waals surface area contributed by atoms with E-state index in [1.54, 1.807) is 0 Å². The van der Waals surface area contributed by atoms with Crippen molar-refractivity contribution in [3.8, 4) is 0 Å². The van der Waals surface area contributed by atoms with Crippen LogP contribution in [0.4, 0.5) is 5.69 Å². The molecule has 33 heavy (non-hydrogen) atoms. The van der Waals surface area contributed by atoms with E-state index in [4.69, 9.17) is 10.4 Å². The van der Waals surface area contributed by atoms with Crippen LogP contribution in [0.3, 0.4) is 0 Å². The van der Waals surface area contributed by atoms with Crippen LogP contribution in [0.1, 0.15) is 28.7 Å². The summed E-state index contributed by atoms with van der Waals surface area (Å²) in [6, 6.07) is 14.9. The van der Waals surface area contributed by atoms with Crippen LogP contribution in [0.25, 0.3) is 0 Å². The molecule has 0 unspecified atom stereocenters. The first-order valence-corrected chi connectivity index (χ1v) is 11.4. The van der Waals surface area contributed by atoms with E-state index in [9.17, 15) is 0 Å². The van der Waals surface area contributed by atoms with Crippen LogP contribution in [0.5, 0.6) is 0 Å². The Bertz CT molecular complexity index is 1290. The average Bonchev–Trinajstić information content (AvgIpc) is 3.43. The fourth-order valence-electron chi connectivity index (χ4n) is 4.95. The van der Waals surface area contributed by atoms with Gasteiger partial charge in [0.25, 0.3) is 0 Å². The zero-order chi connectivity index (χ0) is 22.4. The van der Waals surface area contributed by atoms with Gasteiger partial charge in [0.1, 0.15) is 0 Å². The van der Waals surface area contributed by atoms with Crippen molar-refractivity contribution in [3.63, 3.8) is 0 Å². The molecule has 0 bridgehead atoms. The third-order valence-corrected chi connectivity index (χ3v) is 6.79. The number of nitrogens with zero attached hydrogens (tertiary/aromatic N) is 3. The standard InChI is InChI=1S/C29H26N4/c1-20-7-10-28(15-29(20)30)33-18-23-13-21-16-32(17-22(21)14-24(23)19-33)27-11-8-26(9-12-27)31-25-5-3-2-4-6-25/h2-8,10-15,30H,1,9,16-19H2. The van der Waals surface area contributed by atoms with Crippen molar-refractivity contribution < 1.29 is 0 Å². The van der Waals surface area contributed by atoms with Crippen LogP contribution in [0.2, 0.25) is 0 Å². The first-order chi connectivity index (χ1) is 16.1. The topological polar surface area (TPSA) is 42.7 Å². The lowest BCUT2D eigenvalue weighted by molar-refractivity contribution is 0.369. The maximum absolute atomic E-state index is 8.07. The van der Waals surface area contributed by atoms with Crippen molar-refractivity contribution in [1.29, 1.82) is 5.41 Å². The molecule has 6 rings (SSSR count). The quantitative estimate of drug-likeness (QED) is 0.652. The number of fused-ring (bicyclic) bond motifs is 2. The molecule has 0 fully saturated rings. The van der Waals surface area contributed by atoms with Gasteiger partial charge < -0.3 is 15.2 Å². The van der Waals surface area contributed by atoms with E-state index in [1.165, 1.54) is 28.0 Å². The molecule has 0 aromatic heterocycles. The SMILES string of the molecule is C=C1C=CC(N2Cc3cc4c(cc3C2)CN(C2=CCC(=Nc3ccccc3)C=C2)C4)=CC1=N. The highest BCUT2D eigenvalue weighted by molar-refractivity contribution is 6.09. The van der Waals surface area contributed by atoms with Crippen molar-refractivity contribution in [3.05, 3.63) is 125 Å². The van der Waals surface area contributed by atoms with Gasteiger partial charge in [-0.3, -0.25) is 4.99 Å². The normalized spacial score (nSPS) is 20.3. The molecule has 0 amide bonds. The summed E-state index contributed by atoms with van der Waals surface area (Å²) in [5.41, 5.74) is 11.5. The Morgan fingerprint density at radius 1 is 0.758 bits per heavy atom. The molecule has 4 nitrogen and oxygen atoms in total. The van der Waals surface area contributed by atoms with Crippen molar-refractivity contribution in [2.75, 3.05) is 0 Å². The fourth-order valence-corrected chi connectivity index (χ4v) is 4.95. The van der Waals surface area contributed by atoms with Crippen LogP contribution < -0.4 is 0 Å². The summed E-state index contributed by atoms with van der Waals surface area (Å²) in [6.07, 6.45) is 13.5. The Morgan fingerprint density at radius 2 is 1.36 bits per heavy atom. The van der Waals surface area contributed by atoms with Gasteiger partial charge in [-0.25, -0.2) is 0 Å². The monoisotopic (exact) mass is 430 g/mol. The van der Waals surface area contributed by atoms with E-state index >= 15 is 0 Å². The van der Waals surface area contributed by atoms with Crippen molar-refractivity contribution in [1.82, 2.24) is 9.80 Å². The van der Waals surface area contributed by atoms with E-state index in [0.29, 0.717) is 5.71 Å². The lowest BCUT2D eigenvalue weighted by atomic mass is 10.0. The lowest BCUT2D eigenvalue weighted by Crippen LogP contribution is -2.18. The zero-order valence-corrected chi connectivity index (χ0v) is 18.6. The van der Waals surface area contributed by atoms with Gasteiger partial charge in [-0.2, -0.15) is 0 Å². The predicted octanol–water partition coefficient (Wildman–Crippen LogP) is 5.96. The summed E-state index contributed by atoms with van der Waals surface area (Å²) in [4.78, 5) is 9.57. The molecule has 4 heteroatoms. The molecule has 0 radical (unpaired) electrons. The highest BCUT2D eigenvalue weighted by Gasteiger charge is 2.27. The van der Waals surface area contributed by atoms with E-state index in [-0.39, 0.29) is 0 Å². The molecule has 4 aliphatic rings. The molecular weight excluding hydrogens is 404 g/mol. The number of para-hydroxylation sites is 1. The molecule has 0 spiro atoms. The van der Waals surface area contributed by atoms with E-state index in [2.05, 4.69) is 52.8 Å². The number of aliphatic imine (C=N–C) groups is 1. The lowest BCUT2D eigenvalue weighted by Gasteiger charge is -2.22. The van der Waals surface area contributed by atoms with Gasteiger partial charge in [0.05, 0.1) is 11.4 Å². The second-order valence-electron chi connectivity index (χ2n) is 9.05. The molecule has 0 saturated carbocycles. The predicted molar refractivity (Wildman–Crippen MR) is 134 cm³/mol. The van der Waals surface area contributed by atoms with Gasteiger partial charge in [-0.05, 0) is 64.3 Å². The molecule has 2 heterocycles. The molecule has 2 aliphatic heterocycles. The highest BCUT2D eigenvalue weighted by atomic mass is 15.2. The maximum atomic E-state index is 8.07. The number of hydrogen-bond acceptors (Lipinski definition) is 4. The van der Waals surface area contributed by atoms with E-state index in [1.807, 2.05) is 42.5 Å². The Kier molecular flexibility index (Phi) is 4.72. The Morgan fingerprint density at radius 3 is 1.94 bits per heavy atom. The first-order valence-electron chi connectivity index (χ1n) is 11.4. The van der Waals surface area contributed by atoms with Crippen LogP contribution in [0, 0.1) is 5.41 Å². The van der Waals surface area contributed by atoms with Gasteiger partial charge in [-0.1, -0.05) is 49.1 Å². The summed E-state index contributed by atoms with van der Waals surface area (Å²) in [5.74, 6) is 0. The van der Waals surface area contributed by atoms with E-state index in [0.717, 1.165) is 55.3 Å². The number of hydrogen-bond donors (Lipinski definition) is 1. The second-order valence-corrected chi connectivity index (χ2v) is 9.05. The third-order valence-electron chi connectivity index (χ3n) is 6.79. The van der Waals surface area contributed by atoms with Gasteiger partial charge in [0.2, 0.25) is 0 Å². The minimum Gasteiger partial charge on any atom is -0.363 e. The first kappa shape index (κ1) is 19.7. The number of allylic oxidation sites excluding steroid dienone is 7. The van der Waals surface area contributed by atoms with Crippen molar-refractivity contribution in [2.24, 2.45) is 4.99 Å². The molecule has 0 atom stereocenters. The molecule has 162 valence electrons. The Balaban J connectivity index is 1.14. The number of benzene rings is 2. The fraction of sp³-hybridized carbons (Fsp3) is 0.172. The molecule has 2 aliphatic carbocycles. The molecular formula is C29H26N4. The summed E-state index contributed by atoms with van der Waals surface area (Å²) < 4.78 is 0. The molecule has 2 aromatic carbocycles. The average molecular weight is 431 g/mol. The summed E-state index contributed by atoms with van der Waals surface area (Å²) in [5, 5.41) is 8.07. The summed E-state index contributed by atoms with van der Waals surface area (Å²) in [7, 11) is 0. The molecule has 0 saturated heterocycles. The Hall–Kier alpha value is -3.92. The maximum Gasteiger partial charge on any atom is 0.0633 e. The third kappa shape index (κ3) is 3.78. The zero-order valence-electron chi connectivity index (χ0n) is 18.6. The summed E-state index contributed by atoms with van der Waals surface area (Å²) in [6.45, 7) is 7.63. The summed E-state index contributed by atoms with van der Waals surface area (Å²) >= 11 is 0. The van der Waals surface area contributed by atoms with Gasteiger partial charge in [-0.15, -0.1) is 0 Å². The Labute approximate surface area is 194 Å². The molecule has 2 aromatic rings. The highest BCUT2D eigenvalue weighted by Crippen LogP contribution is 2.35. The van der Waals surface area contributed by atoms with Gasteiger partial charge in [0.15, 0.2) is 0 Å². The van der Waals surface area contributed by atoms with Crippen LogP contribution in [-0.2, 0) is 26.2 Å². The smallest absolute Gasteiger partial charge is 0.0633 e. The van der Waals surface area contributed by atoms with Crippen LogP contribution in [-0.4, -0.2) is 21.2 Å². The van der Waals surface area contributed by atoms with Gasteiger partial charge in [0, 0.05) is 49.7 Å². The van der Waals surface area contributed by atoms with Gasteiger partial charge >= 0.3 is 0 Å². The second kappa shape index (κ2) is 7.89. The van der Waals surface area contributed by atoms with Crippen molar-refractivity contribution in [2.45, 2.75) is 32.6 Å². The minimum absolute atomic E-state index is 0.507. The largest absolute Gasteiger partial charge is 0.363 e. The van der Waals surface area contributed by atoms with Crippen LogP contribution >= 0.6 is 0 Å².